The molecular weight excluding hydrogens is 455 g/mol. The van der Waals surface area contributed by atoms with Crippen LogP contribution in [-0.4, -0.2) is 52.7 Å². The van der Waals surface area contributed by atoms with E-state index in [0.29, 0.717) is 36.3 Å². The predicted molar refractivity (Wildman–Crippen MR) is 119 cm³/mol. The second-order valence-corrected chi connectivity index (χ2v) is 10.1. The lowest BCUT2D eigenvalue weighted by Crippen LogP contribution is -2.50. The number of aliphatic hydroxyl groups is 1. The summed E-state index contributed by atoms with van der Waals surface area (Å²) in [4.78, 5) is 2.34. The van der Waals surface area contributed by atoms with Crippen LogP contribution in [0.5, 0.6) is 0 Å². The van der Waals surface area contributed by atoms with Crippen LogP contribution >= 0.6 is 11.3 Å². The van der Waals surface area contributed by atoms with E-state index < -0.39 is 23.3 Å². The third-order valence-electron chi connectivity index (χ3n) is 6.79. The number of alkyl halides is 3. The van der Waals surface area contributed by atoms with Crippen molar-refractivity contribution < 1.29 is 27.8 Å². The summed E-state index contributed by atoms with van der Waals surface area (Å²) in [6.07, 6.45) is 3.20. The summed E-state index contributed by atoms with van der Waals surface area (Å²) in [6.45, 7) is 4.99. The summed E-state index contributed by atoms with van der Waals surface area (Å²) in [6, 6.07) is 0.142. The number of halogens is 3. The zero-order chi connectivity index (χ0) is 23.6. The first-order valence-electron chi connectivity index (χ1n) is 11.5. The van der Waals surface area contributed by atoms with Crippen LogP contribution in [0.2, 0.25) is 0 Å². The van der Waals surface area contributed by atoms with Crippen LogP contribution in [-0.2, 0) is 47.4 Å². The lowest BCUT2D eigenvalue weighted by molar-refractivity contribution is -0.135. The van der Waals surface area contributed by atoms with Gasteiger partial charge in [0.2, 0.25) is 0 Å². The fourth-order valence-electron chi connectivity index (χ4n) is 5.13. The topological polar surface area (TPSA) is 59.8 Å². The number of methoxy groups -OCH3 is 1. The number of likely N-dealkylation sites (tertiary alicyclic amines) is 1. The van der Waals surface area contributed by atoms with Crippen molar-refractivity contribution in [1.82, 2.24) is 14.7 Å². The summed E-state index contributed by atoms with van der Waals surface area (Å²) < 4.78 is 54.1. The second-order valence-electron chi connectivity index (χ2n) is 9.05. The van der Waals surface area contributed by atoms with Gasteiger partial charge in [-0.1, -0.05) is 0 Å². The van der Waals surface area contributed by atoms with Gasteiger partial charge in [-0.3, -0.25) is 9.58 Å². The number of unbranched alkanes of at least 4 members (excludes halogenated alkanes) is 1. The van der Waals surface area contributed by atoms with Gasteiger partial charge in [0.05, 0.1) is 19.4 Å². The highest BCUT2D eigenvalue weighted by Gasteiger charge is 2.48. The van der Waals surface area contributed by atoms with Crippen molar-refractivity contribution in [2.75, 3.05) is 26.9 Å². The van der Waals surface area contributed by atoms with Gasteiger partial charge in [0, 0.05) is 61.6 Å². The van der Waals surface area contributed by atoms with Gasteiger partial charge in [0.1, 0.15) is 10.5 Å². The van der Waals surface area contributed by atoms with Crippen LogP contribution in [0.3, 0.4) is 0 Å². The molecule has 4 heterocycles. The molecular formula is C23H32F3N3O3S. The van der Waals surface area contributed by atoms with Gasteiger partial charge >= 0.3 is 6.18 Å². The highest BCUT2D eigenvalue weighted by molar-refractivity contribution is 7.12. The van der Waals surface area contributed by atoms with Gasteiger partial charge in [-0.15, -0.1) is 11.3 Å². The molecule has 6 nitrogen and oxygen atoms in total. The number of hydrogen-bond acceptors (Lipinski definition) is 6. The molecule has 0 aliphatic carbocycles. The number of aromatic nitrogens is 2. The Morgan fingerprint density at radius 1 is 1.36 bits per heavy atom. The first kappa shape index (κ1) is 24.7. The lowest BCUT2D eigenvalue weighted by atomic mass is 9.81. The normalized spacial score (nSPS) is 23.9. The Kier molecular flexibility index (Phi) is 7.50. The van der Waals surface area contributed by atoms with Crippen LogP contribution < -0.4 is 0 Å². The quantitative estimate of drug-likeness (QED) is 0.562. The molecule has 2 aromatic heterocycles. The Morgan fingerprint density at radius 3 is 2.88 bits per heavy atom. The van der Waals surface area contributed by atoms with Crippen molar-refractivity contribution >= 4 is 11.3 Å². The fourth-order valence-corrected chi connectivity index (χ4v) is 6.54. The van der Waals surface area contributed by atoms with Crippen LogP contribution in [0.25, 0.3) is 0 Å². The minimum absolute atomic E-state index is 0.0400. The number of aryl methyl sites for hydroxylation is 1. The van der Waals surface area contributed by atoms with Crippen LogP contribution in [0.1, 0.15) is 59.1 Å². The molecule has 0 amide bonds. The zero-order valence-corrected chi connectivity index (χ0v) is 20.0. The van der Waals surface area contributed by atoms with Crippen molar-refractivity contribution in [3.63, 3.8) is 0 Å². The molecule has 184 valence electrons. The molecule has 1 spiro atoms. The fraction of sp³-hybridized carbons (Fsp3) is 0.696. The molecule has 2 aliphatic heterocycles. The monoisotopic (exact) mass is 487 g/mol. The molecule has 4 rings (SSSR count). The molecule has 33 heavy (non-hydrogen) atoms. The van der Waals surface area contributed by atoms with Gasteiger partial charge in [0.15, 0.2) is 0 Å². The standard InChI is InChI=1S/C23H32F3N3O3S/c1-16-11-22(20-18(5-10-32-22)19(15-30)21(33-20)23(24,25)26)6-8-28(16)13-17-12-27-29(14-17)7-3-4-9-31-2/h12,14,16,30H,3-11,13,15H2,1-2H3/t16-,22+/m0/s1. The van der Waals surface area contributed by atoms with E-state index in [2.05, 4.69) is 23.1 Å². The summed E-state index contributed by atoms with van der Waals surface area (Å²) in [5.41, 5.74) is 1.12. The molecule has 0 saturated carbocycles. The maximum absolute atomic E-state index is 13.6. The molecule has 0 radical (unpaired) electrons. The predicted octanol–water partition coefficient (Wildman–Crippen LogP) is 4.33. The average Bonchev–Trinajstić information content (AvgIpc) is 3.38. The Hall–Kier alpha value is -1.46. The molecule has 0 bridgehead atoms. The highest BCUT2D eigenvalue weighted by atomic mass is 32.1. The maximum atomic E-state index is 13.6. The third kappa shape index (κ3) is 5.14. The molecule has 2 aliphatic rings. The molecule has 2 aromatic rings. The smallest absolute Gasteiger partial charge is 0.392 e. The molecule has 1 fully saturated rings. The SMILES string of the molecule is COCCCCn1cc(CN2CC[C@]3(C[C@@H]2C)OCCc2c3sc(C(F)(F)F)c2CO)cn1. The summed E-state index contributed by atoms with van der Waals surface area (Å²) >= 11 is 0.770. The van der Waals surface area contributed by atoms with Gasteiger partial charge < -0.3 is 14.6 Å². The van der Waals surface area contributed by atoms with Crippen molar-refractivity contribution in [2.45, 2.75) is 76.5 Å². The van der Waals surface area contributed by atoms with E-state index in [9.17, 15) is 18.3 Å². The first-order valence-corrected chi connectivity index (χ1v) is 12.3. The largest absolute Gasteiger partial charge is 0.425 e. The van der Waals surface area contributed by atoms with Gasteiger partial charge in [0.25, 0.3) is 0 Å². The molecule has 1 N–H and O–H groups in total. The number of piperidine rings is 1. The van der Waals surface area contributed by atoms with Crippen LogP contribution in [0.15, 0.2) is 12.4 Å². The maximum Gasteiger partial charge on any atom is 0.425 e. The number of nitrogens with zero attached hydrogens (tertiary/aromatic N) is 3. The van der Waals surface area contributed by atoms with Crippen LogP contribution in [0.4, 0.5) is 13.2 Å². The number of fused-ring (bicyclic) bond motifs is 2. The summed E-state index contributed by atoms with van der Waals surface area (Å²) in [7, 11) is 1.70. The number of thiophene rings is 1. The number of aliphatic hydroxyl groups excluding tert-OH is 1. The van der Waals surface area contributed by atoms with Gasteiger partial charge in [-0.2, -0.15) is 18.3 Å². The Balaban J connectivity index is 1.45. The average molecular weight is 488 g/mol. The van der Waals surface area contributed by atoms with Gasteiger partial charge in [-0.25, -0.2) is 0 Å². The lowest BCUT2D eigenvalue weighted by Gasteiger charge is -2.47. The van der Waals surface area contributed by atoms with E-state index in [1.54, 1.807) is 7.11 Å². The first-order chi connectivity index (χ1) is 15.8. The van der Waals surface area contributed by atoms with E-state index in [1.807, 2.05) is 10.9 Å². The summed E-state index contributed by atoms with van der Waals surface area (Å²) in [5.74, 6) is 0. The number of ether oxygens (including phenoxy) is 2. The van der Waals surface area contributed by atoms with Crippen molar-refractivity contribution in [1.29, 1.82) is 0 Å². The second kappa shape index (κ2) is 10.0. The Morgan fingerprint density at radius 2 is 2.18 bits per heavy atom. The highest BCUT2D eigenvalue weighted by Crippen LogP contribution is 2.51. The van der Waals surface area contributed by atoms with Crippen molar-refractivity contribution in [2.24, 2.45) is 0 Å². The van der Waals surface area contributed by atoms with Crippen molar-refractivity contribution in [3.8, 4) is 0 Å². The molecule has 1 saturated heterocycles. The van der Waals surface area contributed by atoms with Crippen molar-refractivity contribution in [3.05, 3.63) is 38.8 Å². The summed E-state index contributed by atoms with van der Waals surface area (Å²) in [5, 5.41) is 14.2. The Labute approximate surface area is 196 Å². The molecule has 2 atom stereocenters. The molecule has 0 aromatic carbocycles. The zero-order valence-electron chi connectivity index (χ0n) is 19.2. The third-order valence-corrected chi connectivity index (χ3v) is 8.29. The molecule has 0 unspecified atom stereocenters. The van der Waals surface area contributed by atoms with Crippen LogP contribution in [0, 0.1) is 0 Å². The minimum Gasteiger partial charge on any atom is -0.392 e. The van der Waals surface area contributed by atoms with E-state index in [4.69, 9.17) is 9.47 Å². The number of rotatable bonds is 8. The van der Waals surface area contributed by atoms with E-state index in [-0.39, 0.29) is 11.6 Å². The number of hydrogen-bond donors (Lipinski definition) is 1. The van der Waals surface area contributed by atoms with Gasteiger partial charge in [-0.05, 0) is 44.6 Å². The molecule has 10 heteroatoms. The van der Waals surface area contributed by atoms with E-state index >= 15 is 0 Å². The minimum atomic E-state index is -4.46. The van der Waals surface area contributed by atoms with E-state index in [1.165, 1.54) is 0 Å². The van der Waals surface area contributed by atoms with E-state index in [0.717, 1.165) is 56.0 Å². The Bertz CT molecular complexity index is 945.